The van der Waals surface area contributed by atoms with Crippen molar-refractivity contribution in [2.45, 2.75) is 31.4 Å². The fraction of sp³-hybridized carbons (Fsp3) is 0.500. The third-order valence-electron chi connectivity index (χ3n) is 3.38. The lowest BCUT2D eigenvalue weighted by molar-refractivity contribution is -0.00148. The average molecular weight is 268 g/mol. The Morgan fingerprint density at radius 1 is 1.33 bits per heavy atom. The van der Waals surface area contributed by atoms with Gasteiger partial charge in [-0.3, -0.25) is 0 Å². The van der Waals surface area contributed by atoms with Gasteiger partial charge in [-0.15, -0.1) is 0 Å². The van der Waals surface area contributed by atoms with E-state index in [4.69, 9.17) is 4.74 Å². The molecule has 1 spiro atoms. The molecule has 1 N–H and O–H groups in total. The van der Waals surface area contributed by atoms with Crippen molar-refractivity contribution in [3.05, 3.63) is 28.2 Å². The number of halogens is 1. The minimum atomic E-state index is 0.0963. The molecule has 3 rings (SSSR count). The lowest BCUT2D eigenvalue weighted by Gasteiger charge is -2.41. The molecule has 1 aliphatic heterocycles. The number of hydrogen-bond acceptors (Lipinski definition) is 2. The number of rotatable bonds is 0. The molecule has 15 heavy (non-hydrogen) atoms. The molecule has 3 heteroatoms. The molecule has 2 aliphatic rings. The molecular weight excluding hydrogens is 254 g/mol. The molecule has 2 nitrogen and oxygen atoms in total. The predicted octanol–water partition coefficient (Wildman–Crippen LogP) is 2.85. The van der Waals surface area contributed by atoms with Gasteiger partial charge in [-0.05, 0) is 37.5 Å². The van der Waals surface area contributed by atoms with Crippen LogP contribution in [0.5, 0.6) is 5.75 Å². The second-order valence-electron chi connectivity index (χ2n) is 4.49. The van der Waals surface area contributed by atoms with E-state index < -0.39 is 0 Å². The molecule has 1 fully saturated rings. The zero-order valence-corrected chi connectivity index (χ0v) is 10.1. The lowest BCUT2D eigenvalue weighted by atomic mass is 9.80. The van der Waals surface area contributed by atoms with Crippen LogP contribution in [0.3, 0.4) is 0 Å². The SMILES string of the molecule is Brc1ccc2c(c1)CNCC1(CCC1)O2. The van der Waals surface area contributed by atoms with E-state index in [1.165, 1.54) is 24.8 Å². The van der Waals surface area contributed by atoms with Gasteiger partial charge < -0.3 is 10.1 Å². The molecule has 0 saturated heterocycles. The highest BCUT2D eigenvalue weighted by molar-refractivity contribution is 9.10. The third kappa shape index (κ3) is 1.68. The quantitative estimate of drug-likeness (QED) is 0.781. The molecule has 0 aromatic heterocycles. The van der Waals surface area contributed by atoms with Crippen molar-refractivity contribution < 1.29 is 4.74 Å². The first-order valence-corrected chi connectivity index (χ1v) is 6.25. The summed E-state index contributed by atoms with van der Waals surface area (Å²) in [7, 11) is 0. The predicted molar refractivity (Wildman–Crippen MR) is 63.1 cm³/mol. The molecule has 80 valence electrons. The van der Waals surface area contributed by atoms with Gasteiger partial charge in [-0.1, -0.05) is 15.9 Å². The van der Waals surface area contributed by atoms with Crippen molar-refractivity contribution in [1.29, 1.82) is 0 Å². The maximum absolute atomic E-state index is 6.15. The summed E-state index contributed by atoms with van der Waals surface area (Å²) >= 11 is 3.49. The molecule has 0 atom stereocenters. The van der Waals surface area contributed by atoms with Crippen molar-refractivity contribution in [1.82, 2.24) is 5.32 Å². The Hall–Kier alpha value is -0.540. The fourth-order valence-corrected chi connectivity index (χ4v) is 2.74. The summed E-state index contributed by atoms with van der Waals surface area (Å²) in [6.45, 7) is 1.90. The number of nitrogens with one attached hydrogen (secondary N) is 1. The van der Waals surface area contributed by atoms with Crippen molar-refractivity contribution in [3.8, 4) is 5.75 Å². The maximum Gasteiger partial charge on any atom is 0.124 e. The Kier molecular flexibility index (Phi) is 2.25. The molecule has 0 radical (unpaired) electrons. The minimum absolute atomic E-state index is 0.0963. The first-order chi connectivity index (χ1) is 7.27. The molecule has 0 bridgehead atoms. The van der Waals surface area contributed by atoms with E-state index in [9.17, 15) is 0 Å². The second kappa shape index (κ2) is 3.49. The van der Waals surface area contributed by atoms with E-state index in [0.717, 1.165) is 23.3 Å². The summed E-state index contributed by atoms with van der Waals surface area (Å²) in [5, 5.41) is 3.48. The van der Waals surface area contributed by atoms with Gasteiger partial charge in [-0.2, -0.15) is 0 Å². The van der Waals surface area contributed by atoms with Crippen LogP contribution in [0.25, 0.3) is 0 Å². The van der Waals surface area contributed by atoms with Gasteiger partial charge in [0.15, 0.2) is 0 Å². The molecule has 1 saturated carbocycles. The Labute approximate surface area is 98.1 Å². The summed E-state index contributed by atoms with van der Waals surface area (Å²) < 4.78 is 7.27. The maximum atomic E-state index is 6.15. The van der Waals surface area contributed by atoms with E-state index in [2.05, 4.69) is 39.4 Å². The Morgan fingerprint density at radius 3 is 2.93 bits per heavy atom. The first-order valence-electron chi connectivity index (χ1n) is 5.46. The fourth-order valence-electron chi connectivity index (χ4n) is 2.33. The smallest absolute Gasteiger partial charge is 0.124 e. The number of hydrogen-bond donors (Lipinski definition) is 1. The summed E-state index contributed by atoms with van der Waals surface area (Å²) in [5.74, 6) is 1.06. The Morgan fingerprint density at radius 2 is 2.20 bits per heavy atom. The zero-order valence-electron chi connectivity index (χ0n) is 8.55. The molecule has 1 aromatic rings. The standard InChI is InChI=1S/C12H14BrNO/c13-10-2-3-11-9(6-10)7-14-8-12(15-11)4-1-5-12/h2-3,6,14H,1,4-5,7-8H2. The van der Waals surface area contributed by atoms with Gasteiger partial charge in [0, 0.05) is 23.1 Å². The summed E-state index contributed by atoms with van der Waals surface area (Å²) in [6.07, 6.45) is 3.68. The van der Waals surface area contributed by atoms with E-state index in [1.807, 2.05) is 0 Å². The summed E-state index contributed by atoms with van der Waals surface area (Å²) in [5.41, 5.74) is 1.35. The van der Waals surface area contributed by atoms with Crippen LogP contribution in [-0.2, 0) is 6.54 Å². The third-order valence-corrected chi connectivity index (χ3v) is 3.87. The van der Waals surface area contributed by atoms with E-state index in [1.54, 1.807) is 0 Å². The normalized spacial score (nSPS) is 22.5. The first kappa shape index (κ1) is 9.67. The Bertz CT molecular complexity index is 387. The summed E-state index contributed by atoms with van der Waals surface area (Å²) in [4.78, 5) is 0. The lowest BCUT2D eigenvalue weighted by Crippen LogP contribution is -2.49. The summed E-state index contributed by atoms with van der Waals surface area (Å²) in [6, 6.07) is 6.27. The van der Waals surface area contributed by atoms with Gasteiger partial charge >= 0.3 is 0 Å². The van der Waals surface area contributed by atoms with Crippen molar-refractivity contribution in [3.63, 3.8) is 0 Å². The molecule has 0 amide bonds. The second-order valence-corrected chi connectivity index (χ2v) is 5.41. The molecule has 1 aliphatic carbocycles. The monoisotopic (exact) mass is 267 g/mol. The average Bonchev–Trinajstić information content (AvgIpc) is 2.35. The molecule has 0 unspecified atom stereocenters. The van der Waals surface area contributed by atoms with Crippen LogP contribution < -0.4 is 10.1 Å². The van der Waals surface area contributed by atoms with Gasteiger partial charge in [0.1, 0.15) is 11.4 Å². The van der Waals surface area contributed by atoms with Gasteiger partial charge in [-0.25, -0.2) is 0 Å². The van der Waals surface area contributed by atoms with Crippen LogP contribution in [0.15, 0.2) is 22.7 Å². The molecule has 1 heterocycles. The van der Waals surface area contributed by atoms with E-state index in [0.29, 0.717) is 0 Å². The highest BCUT2D eigenvalue weighted by atomic mass is 79.9. The van der Waals surface area contributed by atoms with Crippen LogP contribution >= 0.6 is 15.9 Å². The van der Waals surface area contributed by atoms with Crippen LogP contribution in [0.2, 0.25) is 0 Å². The van der Waals surface area contributed by atoms with E-state index >= 15 is 0 Å². The van der Waals surface area contributed by atoms with Crippen LogP contribution in [0.4, 0.5) is 0 Å². The van der Waals surface area contributed by atoms with Crippen LogP contribution in [0.1, 0.15) is 24.8 Å². The zero-order chi connectivity index (χ0) is 10.3. The topological polar surface area (TPSA) is 21.3 Å². The van der Waals surface area contributed by atoms with Crippen molar-refractivity contribution in [2.24, 2.45) is 0 Å². The number of benzene rings is 1. The van der Waals surface area contributed by atoms with Crippen LogP contribution in [-0.4, -0.2) is 12.1 Å². The van der Waals surface area contributed by atoms with Gasteiger partial charge in [0.2, 0.25) is 0 Å². The van der Waals surface area contributed by atoms with E-state index in [-0.39, 0.29) is 5.60 Å². The van der Waals surface area contributed by atoms with Crippen molar-refractivity contribution >= 4 is 15.9 Å². The molecular formula is C12H14BrNO. The highest BCUT2D eigenvalue weighted by Gasteiger charge is 2.40. The number of ether oxygens (including phenoxy) is 1. The Balaban J connectivity index is 1.95. The van der Waals surface area contributed by atoms with Crippen LogP contribution in [0, 0.1) is 0 Å². The van der Waals surface area contributed by atoms with Gasteiger partial charge in [0.05, 0.1) is 0 Å². The van der Waals surface area contributed by atoms with Crippen molar-refractivity contribution in [2.75, 3.05) is 6.54 Å². The minimum Gasteiger partial charge on any atom is -0.486 e. The highest BCUT2D eigenvalue weighted by Crippen LogP contribution is 2.39. The molecule has 1 aromatic carbocycles. The largest absolute Gasteiger partial charge is 0.486 e. The van der Waals surface area contributed by atoms with Gasteiger partial charge in [0.25, 0.3) is 0 Å². The number of fused-ring (bicyclic) bond motifs is 1.